The van der Waals surface area contributed by atoms with E-state index in [1.807, 2.05) is 0 Å². The van der Waals surface area contributed by atoms with E-state index < -0.39 is 0 Å². The molecule has 0 amide bonds. The molecule has 6 heteroatoms. The summed E-state index contributed by atoms with van der Waals surface area (Å²) in [7, 11) is 0. The predicted molar refractivity (Wildman–Crippen MR) is 550 cm³/mol. The summed E-state index contributed by atoms with van der Waals surface area (Å²) in [5.74, 6) is 0. The van der Waals surface area contributed by atoms with Crippen LogP contribution in [0.25, 0.3) is 94.3 Å². The van der Waals surface area contributed by atoms with Crippen molar-refractivity contribution in [3.63, 3.8) is 0 Å². The summed E-state index contributed by atoms with van der Waals surface area (Å²) >= 11 is 0. The third kappa shape index (κ3) is 15.1. The quantitative estimate of drug-likeness (QED) is 0.0952. The van der Waals surface area contributed by atoms with Gasteiger partial charge in [0.2, 0.25) is 0 Å². The van der Waals surface area contributed by atoms with Crippen LogP contribution in [0, 0.1) is 0 Å². The molecule has 0 atom stereocenters. The van der Waals surface area contributed by atoms with Crippen molar-refractivity contribution in [3.8, 4) is 72.4 Å². The molecule has 0 bridgehead atoms. The van der Waals surface area contributed by atoms with Gasteiger partial charge < -0.3 is 24.2 Å². The molecule has 18 aromatic rings. The summed E-state index contributed by atoms with van der Waals surface area (Å²) in [5.41, 5.74) is 39.5. The number of aromatic nitrogens is 1. The SMILES string of the molecule is CC(C)(C)c1ccc(N(c2ccc(C(C)(C)C)cc2)c2cccc(-c3ccc4c(c3)B3c5cc(-c6cccc(N(c7ccc(C(C)(C)C)cc7)c7ccc(C(C)(C)C)cc7)c6)ccc5N(c5c(-c6ccccc6)cccc5-c5ccccc5)c5cc(-n6c7ccccc7c7cc(C(C)(C)C)ccc76)cc(c53)N4c3c(-c4ccccc4)cccc3-c3ccccc3)c2)cc1. The maximum absolute atomic E-state index is 2.70. The summed E-state index contributed by atoms with van der Waals surface area (Å²) in [6.07, 6.45) is 0. The van der Waals surface area contributed by atoms with Crippen molar-refractivity contribution in [1.29, 1.82) is 0 Å². The summed E-state index contributed by atoms with van der Waals surface area (Å²) in [4.78, 5) is 10.3. The fraction of sp³-hybridized carbons (Fsp3) is 0.164. The van der Waals surface area contributed by atoms with Crippen molar-refractivity contribution in [3.05, 3.63) is 422 Å². The largest absolute Gasteiger partial charge is 0.310 e. The summed E-state index contributed by atoms with van der Waals surface area (Å²) in [6.45, 7) is 34.2. The molecule has 626 valence electrons. The van der Waals surface area contributed by atoms with Gasteiger partial charge in [0.15, 0.2) is 0 Å². The molecule has 20 rings (SSSR count). The lowest BCUT2D eigenvalue weighted by Gasteiger charge is -2.46. The molecular weight excluding hydrogens is 1550 g/mol. The van der Waals surface area contributed by atoms with Gasteiger partial charge in [-0.3, -0.25) is 0 Å². The predicted octanol–water partition coefficient (Wildman–Crippen LogP) is 32.3. The average Bonchev–Trinajstić information content (AvgIpc) is 0.967. The molecule has 0 N–H and O–H groups in total. The molecule has 0 saturated heterocycles. The Labute approximate surface area is 757 Å². The monoisotopic (exact) mass is 1660 g/mol. The van der Waals surface area contributed by atoms with Gasteiger partial charge in [-0.25, -0.2) is 0 Å². The zero-order valence-corrected chi connectivity index (χ0v) is 76.3. The lowest BCUT2D eigenvalue weighted by Crippen LogP contribution is -2.61. The molecule has 0 saturated carbocycles. The lowest BCUT2D eigenvalue weighted by molar-refractivity contribution is 0.590. The normalized spacial score (nSPS) is 12.8. The van der Waals surface area contributed by atoms with Crippen LogP contribution in [0.5, 0.6) is 0 Å². The zero-order chi connectivity index (χ0) is 88.3. The minimum absolute atomic E-state index is 0.0257. The van der Waals surface area contributed by atoms with Gasteiger partial charge in [-0.05, 0) is 231 Å². The highest BCUT2D eigenvalue weighted by molar-refractivity contribution is 7.00. The van der Waals surface area contributed by atoms with Gasteiger partial charge in [0.05, 0.1) is 28.1 Å². The van der Waals surface area contributed by atoms with Gasteiger partial charge in [0, 0.05) is 89.9 Å². The van der Waals surface area contributed by atoms with Gasteiger partial charge >= 0.3 is 0 Å². The van der Waals surface area contributed by atoms with Crippen molar-refractivity contribution in [2.75, 3.05) is 19.6 Å². The third-order valence-electron chi connectivity index (χ3n) is 26.5. The highest BCUT2D eigenvalue weighted by Gasteiger charge is 2.46. The van der Waals surface area contributed by atoms with E-state index in [1.165, 1.54) is 55.0 Å². The number of benzene rings is 17. The Morgan fingerprint density at radius 3 is 0.852 bits per heavy atom. The Morgan fingerprint density at radius 2 is 0.508 bits per heavy atom. The van der Waals surface area contributed by atoms with E-state index in [-0.39, 0.29) is 33.8 Å². The molecule has 0 radical (unpaired) electrons. The second kappa shape index (κ2) is 32.0. The number of fused-ring (bicyclic) bond motifs is 7. The van der Waals surface area contributed by atoms with E-state index in [2.05, 4.69) is 522 Å². The van der Waals surface area contributed by atoms with Crippen molar-refractivity contribution < 1.29 is 0 Å². The molecular formula is C122H110BN5. The highest BCUT2D eigenvalue weighted by atomic mass is 15.2. The van der Waals surface area contributed by atoms with Crippen LogP contribution in [0.3, 0.4) is 0 Å². The molecule has 5 nitrogen and oxygen atoms in total. The van der Waals surface area contributed by atoms with Crippen molar-refractivity contribution in [2.45, 2.75) is 131 Å². The van der Waals surface area contributed by atoms with Crippen LogP contribution in [-0.4, -0.2) is 11.3 Å². The van der Waals surface area contributed by atoms with E-state index in [1.54, 1.807) is 0 Å². The molecule has 0 aliphatic carbocycles. The number of para-hydroxylation sites is 3. The molecule has 3 heterocycles. The molecule has 17 aromatic carbocycles. The van der Waals surface area contributed by atoms with Gasteiger partial charge in [-0.1, -0.05) is 383 Å². The Kier molecular flexibility index (Phi) is 20.5. The summed E-state index contributed by atoms with van der Waals surface area (Å²) in [6, 6.07) is 150. The van der Waals surface area contributed by atoms with E-state index >= 15 is 0 Å². The molecule has 2 aliphatic rings. The first kappa shape index (κ1) is 82.1. The third-order valence-corrected chi connectivity index (χ3v) is 26.5. The van der Waals surface area contributed by atoms with Crippen LogP contribution in [0.4, 0.5) is 68.2 Å². The average molecular weight is 1660 g/mol. The molecule has 0 unspecified atom stereocenters. The fourth-order valence-corrected chi connectivity index (χ4v) is 19.6. The smallest absolute Gasteiger partial charge is 0.252 e. The van der Waals surface area contributed by atoms with Gasteiger partial charge in [0.25, 0.3) is 6.71 Å². The maximum Gasteiger partial charge on any atom is 0.252 e. The van der Waals surface area contributed by atoms with Gasteiger partial charge in [-0.15, -0.1) is 0 Å². The van der Waals surface area contributed by atoms with Gasteiger partial charge in [0.1, 0.15) is 0 Å². The van der Waals surface area contributed by atoms with Crippen LogP contribution in [0.1, 0.15) is 132 Å². The second-order valence-corrected chi connectivity index (χ2v) is 40.2. The minimum atomic E-state index is -0.378. The fourth-order valence-electron chi connectivity index (χ4n) is 19.6. The van der Waals surface area contributed by atoms with Crippen LogP contribution in [0.15, 0.2) is 394 Å². The van der Waals surface area contributed by atoms with E-state index in [4.69, 9.17) is 0 Å². The van der Waals surface area contributed by atoms with Crippen LogP contribution < -0.4 is 36.0 Å². The number of anilines is 12. The second-order valence-electron chi connectivity index (χ2n) is 40.2. The first-order valence-electron chi connectivity index (χ1n) is 45.5. The van der Waals surface area contributed by atoms with Crippen molar-refractivity contribution in [1.82, 2.24) is 4.57 Å². The van der Waals surface area contributed by atoms with E-state index in [9.17, 15) is 0 Å². The summed E-state index contributed by atoms with van der Waals surface area (Å²) in [5, 5.41) is 2.42. The van der Waals surface area contributed by atoms with Crippen LogP contribution in [0.2, 0.25) is 0 Å². The topological polar surface area (TPSA) is 17.9 Å². The number of hydrogen-bond donors (Lipinski definition) is 0. The Hall–Kier alpha value is -14.2. The number of rotatable bonds is 15. The molecule has 2 aliphatic heterocycles. The minimum Gasteiger partial charge on any atom is -0.310 e. The van der Waals surface area contributed by atoms with Crippen molar-refractivity contribution in [2.24, 2.45) is 0 Å². The summed E-state index contributed by atoms with van der Waals surface area (Å²) < 4.78 is 2.57. The van der Waals surface area contributed by atoms with Gasteiger partial charge in [-0.2, -0.15) is 0 Å². The molecule has 1 aromatic heterocycles. The number of hydrogen-bond acceptors (Lipinski definition) is 4. The Bertz CT molecular complexity index is 6620. The van der Waals surface area contributed by atoms with E-state index in [0.717, 1.165) is 152 Å². The van der Waals surface area contributed by atoms with Crippen LogP contribution in [-0.2, 0) is 27.1 Å². The number of nitrogens with zero attached hydrogens (tertiary/aromatic N) is 5. The first-order chi connectivity index (χ1) is 61.7. The zero-order valence-electron chi connectivity index (χ0n) is 76.3. The highest BCUT2D eigenvalue weighted by Crippen LogP contribution is 2.55. The lowest BCUT2D eigenvalue weighted by atomic mass is 9.33. The molecule has 0 fully saturated rings. The molecule has 128 heavy (non-hydrogen) atoms. The molecule has 0 spiro atoms. The Morgan fingerprint density at radius 1 is 0.211 bits per heavy atom. The maximum atomic E-state index is 2.70. The van der Waals surface area contributed by atoms with E-state index in [0.29, 0.717) is 0 Å². The Balaban J connectivity index is 0.913. The van der Waals surface area contributed by atoms with Crippen LogP contribution >= 0.6 is 0 Å². The van der Waals surface area contributed by atoms with Crippen molar-refractivity contribution >= 4 is 113 Å². The first-order valence-corrected chi connectivity index (χ1v) is 45.5. The standard InChI is InChI=1S/C122H110BN5/c1-118(2,3)89-54-63-94(64-55-89)124(95-65-56-90(57-66-95)119(4,5)6)98-44-30-42-85(74-98)87-52-71-111-107(76-87)123-108-77-88(86-43-31-45-99(75-86)125(96-67-58-91(59-68-96)120(7,8)9)97-69-60-92(61-70-97)121(10,11)12)53-72-112(108)128(117-103(83-38-24-18-25-39-83)49-33-50-104(117)84-40-26-19-27-41-84)114-80-100(126-109-51-29-28-46-105(109)106-78-93(122(13,14)15)62-73-110(106)126)79-113(115(114)123)127(111)116-101(81-34-20-16-21-35-81)47-32-48-102(116)82-36-22-17-23-37-82/h16-80H,1-15H3.